The molecule has 0 N–H and O–H groups in total. The fraction of sp³-hybridized carbons (Fsp3) is 0.812. The van der Waals surface area contributed by atoms with E-state index in [0.29, 0.717) is 10.8 Å². The van der Waals surface area contributed by atoms with Crippen LogP contribution in [0.4, 0.5) is 0 Å². The summed E-state index contributed by atoms with van der Waals surface area (Å²) in [4.78, 5) is 5.82. The Morgan fingerprint density at radius 1 is 1.00 bits per heavy atom. The number of nitrogens with zero attached hydrogens (tertiary/aromatic N) is 1. The molecule has 1 nitrogen and oxygen atoms in total. The van der Waals surface area contributed by atoms with Crippen molar-refractivity contribution in [2.75, 3.05) is 0 Å². The zero-order valence-corrected chi connectivity index (χ0v) is 14.2. The van der Waals surface area contributed by atoms with Gasteiger partial charge in [0.15, 0.2) is 0 Å². The molecular weight excluding hydrogens is 238 g/mol. The largest absolute Gasteiger partial charge is 0.250 e. The molecule has 0 unspecified atom stereocenters. The summed E-state index contributed by atoms with van der Waals surface area (Å²) in [5.74, 6) is 0. The van der Waals surface area contributed by atoms with Gasteiger partial charge in [-0.1, -0.05) is 48.5 Å². The fourth-order valence-corrected chi connectivity index (χ4v) is 2.70. The lowest BCUT2D eigenvalue weighted by molar-refractivity contribution is 0.108. The summed E-state index contributed by atoms with van der Waals surface area (Å²) in [6, 6.07) is 0. The third-order valence-corrected chi connectivity index (χ3v) is 5.97. The quantitative estimate of drug-likeness (QED) is 0.693. The zero-order chi connectivity index (χ0) is 14.2. The Hall–Kier alpha value is -0.370. The number of aromatic nitrogens is 1. The van der Waals surface area contributed by atoms with E-state index in [2.05, 4.69) is 66.6 Å². The molecule has 1 rings (SSSR count). The van der Waals surface area contributed by atoms with Gasteiger partial charge < -0.3 is 0 Å². The SMILES string of the molecule is Cc1ncc(C(C)(C)CCC(C)(C)C(C)(C)C)s1. The molecule has 0 bridgehead atoms. The maximum atomic E-state index is 4.39. The normalized spacial score (nSPS) is 14.0. The van der Waals surface area contributed by atoms with Gasteiger partial charge in [0.2, 0.25) is 0 Å². The smallest absolute Gasteiger partial charge is 0.0896 e. The van der Waals surface area contributed by atoms with Crippen molar-refractivity contribution in [2.24, 2.45) is 10.8 Å². The first-order valence-electron chi connectivity index (χ1n) is 6.89. The topological polar surface area (TPSA) is 12.9 Å². The summed E-state index contributed by atoms with van der Waals surface area (Å²) in [5.41, 5.74) is 0.963. The van der Waals surface area contributed by atoms with Crippen LogP contribution in [0.5, 0.6) is 0 Å². The molecule has 1 aromatic rings. The van der Waals surface area contributed by atoms with Crippen LogP contribution in [-0.2, 0) is 5.41 Å². The average Bonchev–Trinajstić information content (AvgIpc) is 2.61. The van der Waals surface area contributed by atoms with Crippen LogP contribution < -0.4 is 0 Å². The second-order valence-corrected chi connectivity index (χ2v) is 9.00. The van der Waals surface area contributed by atoms with Gasteiger partial charge in [0.25, 0.3) is 0 Å². The molecule has 0 aliphatic rings. The van der Waals surface area contributed by atoms with Gasteiger partial charge in [0, 0.05) is 16.5 Å². The van der Waals surface area contributed by atoms with Gasteiger partial charge >= 0.3 is 0 Å². The van der Waals surface area contributed by atoms with Crippen molar-refractivity contribution >= 4 is 11.3 Å². The second kappa shape index (κ2) is 4.96. The van der Waals surface area contributed by atoms with Gasteiger partial charge in [-0.2, -0.15) is 0 Å². The molecule has 0 saturated heterocycles. The molecule has 0 saturated carbocycles. The first-order valence-corrected chi connectivity index (χ1v) is 7.70. The van der Waals surface area contributed by atoms with Crippen LogP contribution in [0.1, 0.15) is 71.2 Å². The summed E-state index contributed by atoms with van der Waals surface area (Å²) in [6.07, 6.45) is 4.53. The van der Waals surface area contributed by atoms with E-state index in [1.165, 1.54) is 22.7 Å². The van der Waals surface area contributed by atoms with Gasteiger partial charge in [0.1, 0.15) is 0 Å². The van der Waals surface area contributed by atoms with E-state index in [1.54, 1.807) is 0 Å². The van der Waals surface area contributed by atoms with E-state index >= 15 is 0 Å². The van der Waals surface area contributed by atoms with Gasteiger partial charge in [-0.25, -0.2) is 4.98 Å². The Kier molecular flexibility index (Phi) is 4.32. The number of aryl methyl sites for hydroxylation is 1. The first kappa shape index (κ1) is 15.7. The molecule has 0 fully saturated rings. The fourth-order valence-electron chi connectivity index (χ4n) is 1.80. The molecule has 0 radical (unpaired) electrons. The minimum absolute atomic E-state index is 0.244. The lowest BCUT2D eigenvalue weighted by Gasteiger charge is -2.41. The van der Waals surface area contributed by atoms with Crippen molar-refractivity contribution in [3.8, 4) is 0 Å². The summed E-state index contributed by atoms with van der Waals surface area (Å²) < 4.78 is 0. The van der Waals surface area contributed by atoms with E-state index in [4.69, 9.17) is 0 Å². The minimum Gasteiger partial charge on any atom is -0.250 e. The maximum Gasteiger partial charge on any atom is 0.0896 e. The number of thiazole rings is 1. The van der Waals surface area contributed by atoms with Crippen molar-refractivity contribution in [1.82, 2.24) is 4.98 Å². The van der Waals surface area contributed by atoms with Crippen LogP contribution in [-0.4, -0.2) is 4.98 Å². The van der Waals surface area contributed by atoms with E-state index in [1.807, 2.05) is 11.3 Å². The Bertz CT molecular complexity index is 393. The summed E-state index contributed by atoms with van der Waals surface area (Å²) in [6.45, 7) is 18.6. The predicted molar refractivity (Wildman–Crippen MR) is 82.3 cm³/mol. The minimum atomic E-state index is 0.244. The molecule has 0 aromatic carbocycles. The van der Waals surface area contributed by atoms with Gasteiger partial charge in [-0.05, 0) is 30.6 Å². The van der Waals surface area contributed by atoms with Crippen molar-refractivity contribution in [3.05, 3.63) is 16.1 Å². The van der Waals surface area contributed by atoms with Crippen LogP contribution >= 0.6 is 11.3 Å². The highest BCUT2D eigenvalue weighted by molar-refractivity contribution is 7.11. The lowest BCUT2D eigenvalue weighted by atomic mass is 9.65. The van der Waals surface area contributed by atoms with Gasteiger partial charge in [0.05, 0.1) is 5.01 Å². The van der Waals surface area contributed by atoms with Crippen LogP contribution in [0, 0.1) is 17.8 Å². The maximum absolute atomic E-state index is 4.39. The highest BCUT2D eigenvalue weighted by Gasteiger charge is 2.35. The second-order valence-electron chi connectivity index (χ2n) is 7.76. The summed E-state index contributed by atoms with van der Waals surface area (Å²) in [5, 5.41) is 1.17. The Labute approximate surface area is 117 Å². The monoisotopic (exact) mass is 267 g/mol. The van der Waals surface area contributed by atoms with Crippen LogP contribution in [0.25, 0.3) is 0 Å². The predicted octanol–water partition coefficient (Wildman–Crippen LogP) is 5.58. The molecule has 1 heterocycles. The molecule has 18 heavy (non-hydrogen) atoms. The van der Waals surface area contributed by atoms with Crippen LogP contribution in [0.2, 0.25) is 0 Å². The van der Waals surface area contributed by atoms with E-state index in [9.17, 15) is 0 Å². The van der Waals surface area contributed by atoms with Crippen molar-refractivity contribution in [3.63, 3.8) is 0 Å². The average molecular weight is 267 g/mol. The highest BCUT2D eigenvalue weighted by atomic mass is 32.1. The lowest BCUT2D eigenvalue weighted by Crippen LogP contribution is -2.31. The molecule has 0 aliphatic heterocycles. The zero-order valence-electron chi connectivity index (χ0n) is 13.3. The standard InChI is InChI=1S/C16H29NS/c1-12-17-11-13(18-12)15(5,6)9-10-16(7,8)14(2,3)4/h11H,9-10H2,1-8H3. The van der Waals surface area contributed by atoms with Crippen molar-refractivity contribution < 1.29 is 0 Å². The van der Waals surface area contributed by atoms with Crippen LogP contribution in [0.15, 0.2) is 6.20 Å². The van der Waals surface area contributed by atoms with E-state index in [-0.39, 0.29) is 5.41 Å². The van der Waals surface area contributed by atoms with Crippen molar-refractivity contribution in [2.45, 2.75) is 73.6 Å². The van der Waals surface area contributed by atoms with Gasteiger partial charge in [-0.15, -0.1) is 11.3 Å². The summed E-state index contributed by atoms with van der Waals surface area (Å²) in [7, 11) is 0. The molecule has 2 heteroatoms. The number of hydrogen-bond acceptors (Lipinski definition) is 2. The van der Waals surface area contributed by atoms with Crippen molar-refractivity contribution in [1.29, 1.82) is 0 Å². The molecule has 104 valence electrons. The molecule has 0 amide bonds. The first-order chi connectivity index (χ1) is 7.96. The molecule has 1 aromatic heterocycles. The molecule has 0 atom stereocenters. The molecule has 0 aliphatic carbocycles. The summed E-state index contributed by atoms with van der Waals surface area (Å²) >= 11 is 1.84. The Morgan fingerprint density at radius 3 is 1.94 bits per heavy atom. The number of hydrogen-bond donors (Lipinski definition) is 0. The van der Waals surface area contributed by atoms with Crippen LogP contribution in [0.3, 0.4) is 0 Å². The van der Waals surface area contributed by atoms with E-state index in [0.717, 1.165) is 0 Å². The third-order valence-electron chi connectivity index (χ3n) is 4.69. The molecule has 0 spiro atoms. The Morgan fingerprint density at radius 2 is 1.56 bits per heavy atom. The van der Waals surface area contributed by atoms with Gasteiger partial charge in [-0.3, -0.25) is 0 Å². The third kappa shape index (κ3) is 3.57. The Balaban J connectivity index is 2.74. The molecular formula is C16H29NS. The number of rotatable bonds is 4. The highest BCUT2D eigenvalue weighted by Crippen LogP contribution is 2.44. The van der Waals surface area contributed by atoms with E-state index < -0.39 is 0 Å².